The van der Waals surface area contributed by atoms with Crippen LogP contribution < -0.4 is 39.6 Å². The van der Waals surface area contributed by atoms with Gasteiger partial charge in [0.2, 0.25) is 0 Å². The maximum absolute atomic E-state index is 10.7. The molecule has 0 spiro atoms. The van der Waals surface area contributed by atoms with E-state index in [0.29, 0.717) is 10.9 Å². The van der Waals surface area contributed by atoms with Crippen molar-refractivity contribution < 1.29 is 39.5 Å². The van der Waals surface area contributed by atoms with Gasteiger partial charge in [-0.2, -0.15) is 0 Å². The first-order chi connectivity index (χ1) is 8.08. The van der Waals surface area contributed by atoms with Crippen molar-refractivity contribution in [3.8, 4) is 0 Å². The van der Waals surface area contributed by atoms with E-state index >= 15 is 0 Å². The molecular weight excluding hydrogens is 259 g/mol. The number of thiophene rings is 1. The average Bonchev–Trinajstić information content (AvgIpc) is 2.78. The topological polar surface area (TPSA) is 46.6 Å². The second-order valence-electron chi connectivity index (χ2n) is 4.54. The van der Waals surface area contributed by atoms with Gasteiger partial charge >= 0.3 is 29.6 Å². The molecule has 1 aromatic rings. The number of piperazine rings is 1. The Morgan fingerprint density at radius 2 is 1.89 bits per heavy atom. The van der Waals surface area contributed by atoms with E-state index in [2.05, 4.69) is 23.6 Å². The van der Waals surface area contributed by atoms with Crippen molar-refractivity contribution in [2.24, 2.45) is 0 Å². The molecule has 0 saturated carbocycles. The zero-order valence-electron chi connectivity index (χ0n) is 11.2. The fraction of sp³-hybridized carbons (Fsp3) is 0.583. The third-order valence-electron chi connectivity index (χ3n) is 3.15. The van der Waals surface area contributed by atoms with Crippen molar-refractivity contribution in [3.05, 3.63) is 17.0 Å². The molecule has 18 heavy (non-hydrogen) atoms. The molecule has 1 saturated heterocycles. The molecule has 1 aliphatic rings. The van der Waals surface area contributed by atoms with Crippen molar-refractivity contribution in [2.75, 3.05) is 31.1 Å². The SMILES string of the molecule is CC(C)N1CCN(c2ccc(C(=O)[O-])s2)CC1.[Na+]. The fourth-order valence-electron chi connectivity index (χ4n) is 2.07. The third kappa shape index (κ3) is 3.71. The Hall–Kier alpha value is -0.0700. The van der Waals surface area contributed by atoms with E-state index < -0.39 is 5.97 Å². The molecule has 0 aromatic carbocycles. The van der Waals surface area contributed by atoms with E-state index in [1.807, 2.05) is 6.07 Å². The van der Waals surface area contributed by atoms with E-state index in [1.54, 1.807) is 6.07 Å². The first kappa shape index (κ1) is 16.0. The smallest absolute Gasteiger partial charge is 0.544 e. The van der Waals surface area contributed by atoms with Gasteiger partial charge in [-0.15, -0.1) is 11.3 Å². The summed E-state index contributed by atoms with van der Waals surface area (Å²) in [4.78, 5) is 15.7. The number of hydrogen-bond acceptors (Lipinski definition) is 5. The molecule has 0 amide bonds. The van der Waals surface area contributed by atoms with Crippen LogP contribution in [0.15, 0.2) is 12.1 Å². The van der Waals surface area contributed by atoms with Crippen LogP contribution in [0.1, 0.15) is 23.5 Å². The number of rotatable bonds is 3. The number of carboxylic acid groups (broad SMARTS) is 1. The summed E-state index contributed by atoms with van der Waals surface area (Å²) < 4.78 is 0. The Morgan fingerprint density at radius 3 is 2.33 bits per heavy atom. The first-order valence-corrected chi connectivity index (χ1v) is 6.70. The minimum atomic E-state index is -1.08. The Labute approximate surface area is 134 Å². The van der Waals surface area contributed by atoms with E-state index in [9.17, 15) is 9.90 Å². The minimum absolute atomic E-state index is 0. The Morgan fingerprint density at radius 1 is 1.28 bits per heavy atom. The zero-order valence-corrected chi connectivity index (χ0v) is 14.0. The molecule has 4 nitrogen and oxygen atoms in total. The molecule has 6 heteroatoms. The number of hydrogen-bond donors (Lipinski definition) is 0. The van der Waals surface area contributed by atoms with E-state index in [0.717, 1.165) is 31.2 Å². The number of carboxylic acids is 1. The summed E-state index contributed by atoms with van der Waals surface area (Å²) in [6, 6.07) is 4.09. The molecule has 1 fully saturated rings. The average molecular weight is 276 g/mol. The van der Waals surface area contributed by atoms with Gasteiger partial charge in [-0.3, -0.25) is 4.90 Å². The predicted octanol–water partition coefficient (Wildman–Crippen LogP) is -2.35. The normalized spacial score (nSPS) is 16.7. The summed E-state index contributed by atoms with van der Waals surface area (Å²) in [5, 5.41) is 11.7. The quantitative estimate of drug-likeness (QED) is 0.580. The van der Waals surface area contributed by atoms with Crippen molar-refractivity contribution in [3.63, 3.8) is 0 Å². The van der Waals surface area contributed by atoms with E-state index in [4.69, 9.17) is 0 Å². The molecule has 94 valence electrons. The van der Waals surface area contributed by atoms with Gasteiger partial charge in [0.05, 0.1) is 15.8 Å². The summed E-state index contributed by atoms with van der Waals surface area (Å²) >= 11 is 1.30. The van der Waals surface area contributed by atoms with Crippen LogP contribution in [0.2, 0.25) is 0 Å². The number of carbonyl (C=O) groups excluding carboxylic acids is 1. The summed E-state index contributed by atoms with van der Waals surface area (Å²) in [7, 11) is 0. The predicted molar refractivity (Wildman–Crippen MR) is 67.6 cm³/mol. The van der Waals surface area contributed by atoms with Gasteiger partial charge in [-0.25, -0.2) is 0 Å². The van der Waals surface area contributed by atoms with Gasteiger partial charge in [0.15, 0.2) is 0 Å². The fourth-order valence-corrected chi connectivity index (χ4v) is 2.96. The number of anilines is 1. The molecule has 0 unspecified atom stereocenters. The maximum Gasteiger partial charge on any atom is 1.00 e. The van der Waals surface area contributed by atoms with Crippen LogP contribution in [0.5, 0.6) is 0 Å². The standard InChI is InChI=1S/C12H18N2O2S.Na/c1-9(2)13-5-7-14(8-6-13)11-4-3-10(17-11)12(15)16;/h3-4,9H,5-8H2,1-2H3,(H,15,16);/q;+1/p-1. The molecule has 1 aliphatic heterocycles. The van der Waals surface area contributed by atoms with Crippen LogP contribution in [-0.4, -0.2) is 43.1 Å². The maximum atomic E-state index is 10.7. The Bertz CT molecular complexity index is 401. The summed E-state index contributed by atoms with van der Waals surface area (Å²) in [5.74, 6) is -1.08. The molecular formula is C12H17N2NaO2S. The first-order valence-electron chi connectivity index (χ1n) is 5.88. The summed E-state index contributed by atoms with van der Waals surface area (Å²) in [5.41, 5.74) is 0. The van der Waals surface area contributed by atoms with Crippen LogP contribution in [-0.2, 0) is 0 Å². The number of aromatic carboxylic acids is 1. The number of carbonyl (C=O) groups is 1. The van der Waals surface area contributed by atoms with Gasteiger partial charge in [0, 0.05) is 32.2 Å². The molecule has 2 rings (SSSR count). The van der Waals surface area contributed by atoms with Gasteiger partial charge in [-0.1, -0.05) is 0 Å². The Balaban J connectivity index is 0.00000162. The molecule has 2 heterocycles. The van der Waals surface area contributed by atoms with E-state index in [1.165, 1.54) is 11.3 Å². The van der Waals surface area contributed by atoms with Crippen LogP contribution in [0, 0.1) is 0 Å². The van der Waals surface area contributed by atoms with Gasteiger partial charge in [-0.05, 0) is 26.0 Å². The monoisotopic (exact) mass is 276 g/mol. The van der Waals surface area contributed by atoms with Crippen LogP contribution in [0.4, 0.5) is 5.00 Å². The molecule has 0 N–H and O–H groups in total. The largest absolute Gasteiger partial charge is 1.00 e. The zero-order chi connectivity index (χ0) is 12.4. The number of nitrogens with zero attached hydrogens (tertiary/aromatic N) is 2. The van der Waals surface area contributed by atoms with Crippen LogP contribution in [0.25, 0.3) is 0 Å². The van der Waals surface area contributed by atoms with Crippen molar-refractivity contribution >= 4 is 22.3 Å². The van der Waals surface area contributed by atoms with Gasteiger partial charge in [0.25, 0.3) is 0 Å². The van der Waals surface area contributed by atoms with Crippen LogP contribution >= 0.6 is 11.3 Å². The van der Waals surface area contributed by atoms with E-state index in [-0.39, 0.29) is 29.6 Å². The second-order valence-corrected chi connectivity index (χ2v) is 5.60. The molecule has 0 atom stereocenters. The van der Waals surface area contributed by atoms with Crippen molar-refractivity contribution in [1.82, 2.24) is 4.90 Å². The van der Waals surface area contributed by atoms with Crippen LogP contribution in [0.3, 0.4) is 0 Å². The van der Waals surface area contributed by atoms with Gasteiger partial charge in [0.1, 0.15) is 0 Å². The molecule has 0 radical (unpaired) electrons. The second kappa shape index (κ2) is 6.91. The Kier molecular flexibility index (Phi) is 6.14. The molecule has 1 aromatic heterocycles. The molecule has 0 aliphatic carbocycles. The van der Waals surface area contributed by atoms with Gasteiger partial charge < -0.3 is 14.8 Å². The minimum Gasteiger partial charge on any atom is -0.544 e. The summed E-state index contributed by atoms with van der Waals surface area (Å²) in [6.07, 6.45) is 0. The summed E-state index contributed by atoms with van der Waals surface area (Å²) in [6.45, 7) is 8.41. The van der Waals surface area contributed by atoms with Crippen molar-refractivity contribution in [1.29, 1.82) is 0 Å². The molecule has 0 bridgehead atoms. The van der Waals surface area contributed by atoms with Crippen molar-refractivity contribution in [2.45, 2.75) is 19.9 Å². The third-order valence-corrected chi connectivity index (χ3v) is 4.28.